The van der Waals surface area contributed by atoms with Gasteiger partial charge >= 0.3 is 0 Å². The van der Waals surface area contributed by atoms with Gasteiger partial charge in [-0.05, 0) is 40.6 Å². The van der Waals surface area contributed by atoms with Crippen LogP contribution in [0.1, 0.15) is 69.3 Å². The van der Waals surface area contributed by atoms with E-state index in [-0.39, 0.29) is 5.56 Å². The number of aromatic nitrogens is 2. The first-order valence-electron chi connectivity index (χ1n) is 6.78. The van der Waals surface area contributed by atoms with Gasteiger partial charge in [0.2, 0.25) is 0 Å². The number of H-pyrrole nitrogens is 1. The molecule has 2 aliphatic rings. The van der Waals surface area contributed by atoms with Crippen LogP contribution >= 0.6 is 15.9 Å². The highest BCUT2D eigenvalue weighted by molar-refractivity contribution is 9.10. The van der Waals surface area contributed by atoms with Gasteiger partial charge in [0.15, 0.2) is 0 Å². The van der Waals surface area contributed by atoms with Crippen molar-refractivity contribution in [1.29, 1.82) is 0 Å². The number of aromatic amines is 1. The van der Waals surface area contributed by atoms with E-state index in [1.807, 2.05) is 0 Å². The molecule has 0 bridgehead atoms. The van der Waals surface area contributed by atoms with Crippen LogP contribution in [0.2, 0.25) is 0 Å². The molecule has 3 rings (SSSR count). The van der Waals surface area contributed by atoms with E-state index in [1.165, 1.54) is 25.7 Å². The Balaban J connectivity index is 2.00. The zero-order valence-corrected chi connectivity index (χ0v) is 12.5. The normalized spacial score (nSPS) is 26.5. The summed E-state index contributed by atoms with van der Waals surface area (Å²) in [6.07, 6.45) is 5.98. The molecule has 1 atom stereocenters. The molecule has 2 fully saturated rings. The standard InChI is InChI=1S/C14H19BrN2O/c1-14(2)7-9(14)12-16-11(8-5-3-4-6-8)10(15)13(18)17-12/h8-9H,3-7H2,1-2H3,(H,16,17,18). The van der Waals surface area contributed by atoms with Crippen molar-refractivity contribution in [1.82, 2.24) is 9.97 Å². The van der Waals surface area contributed by atoms with E-state index in [2.05, 4.69) is 34.8 Å². The Morgan fingerprint density at radius 1 is 1.33 bits per heavy atom. The lowest BCUT2D eigenvalue weighted by atomic mass is 10.0. The van der Waals surface area contributed by atoms with Gasteiger partial charge in [0, 0.05) is 11.8 Å². The molecule has 0 saturated heterocycles. The minimum absolute atomic E-state index is 0.00963. The summed E-state index contributed by atoms with van der Waals surface area (Å²) in [5.41, 5.74) is 1.29. The van der Waals surface area contributed by atoms with Gasteiger partial charge < -0.3 is 4.98 Å². The van der Waals surface area contributed by atoms with Crippen LogP contribution < -0.4 is 5.56 Å². The zero-order chi connectivity index (χ0) is 12.9. The maximum atomic E-state index is 12.0. The molecule has 0 radical (unpaired) electrons. The smallest absolute Gasteiger partial charge is 0.265 e. The van der Waals surface area contributed by atoms with Gasteiger partial charge in [0.05, 0.1) is 5.69 Å². The first kappa shape index (κ1) is 12.4. The van der Waals surface area contributed by atoms with Crippen molar-refractivity contribution in [2.24, 2.45) is 5.41 Å². The van der Waals surface area contributed by atoms with Crippen molar-refractivity contribution in [3.05, 3.63) is 26.3 Å². The van der Waals surface area contributed by atoms with Crippen LogP contribution in [0.4, 0.5) is 0 Å². The van der Waals surface area contributed by atoms with Crippen LogP contribution in [0.15, 0.2) is 9.27 Å². The second kappa shape index (κ2) is 4.19. The van der Waals surface area contributed by atoms with Crippen molar-refractivity contribution >= 4 is 15.9 Å². The molecule has 3 nitrogen and oxygen atoms in total. The van der Waals surface area contributed by atoms with Crippen molar-refractivity contribution < 1.29 is 0 Å². The molecule has 0 spiro atoms. The van der Waals surface area contributed by atoms with Gasteiger partial charge in [-0.2, -0.15) is 0 Å². The molecule has 1 aromatic rings. The van der Waals surface area contributed by atoms with Gasteiger partial charge in [-0.25, -0.2) is 4.98 Å². The van der Waals surface area contributed by atoms with Crippen LogP contribution in [-0.4, -0.2) is 9.97 Å². The third-order valence-corrected chi connectivity index (χ3v) is 5.26. The molecule has 1 heterocycles. The highest BCUT2D eigenvalue weighted by atomic mass is 79.9. The number of hydrogen-bond acceptors (Lipinski definition) is 2. The Kier molecular flexibility index (Phi) is 2.88. The van der Waals surface area contributed by atoms with E-state index in [0.29, 0.717) is 21.7 Å². The number of rotatable bonds is 2. The Bertz CT molecular complexity index is 529. The Labute approximate surface area is 116 Å². The second-order valence-electron chi connectivity index (χ2n) is 6.38. The van der Waals surface area contributed by atoms with Gasteiger partial charge in [0.1, 0.15) is 10.3 Å². The predicted molar refractivity (Wildman–Crippen MR) is 74.9 cm³/mol. The largest absolute Gasteiger partial charge is 0.309 e. The molecule has 1 aromatic heterocycles. The highest BCUT2D eigenvalue weighted by Gasteiger charge is 2.48. The van der Waals surface area contributed by atoms with Gasteiger partial charge in [0.25, 0.3) is 5.56 Å². The van der Waals surface area contributed by atoms with E-state index >= 15 is 0 Å². The molecular formula is C14H19BrN2O. The van der Waals surface area contributed by atoms with Gasteiger partial charge in [-0.3, -0.25) is 4.79 Å². The lowest BCUT2D eigenvalue weighted by molar-refractivity contribution is 0.598. The topological polar surface area (TPSA) is 45.8 Å². The summed E-state index contributed by atoms with van der Waals surface area (Å²) >= 11 is 3.42. The van der Waals surface area contributed by atoms with E-state index in [4.69, 9.17) is 4.98 Å². The monoisotopic (exact) mass is 310 g/mol. The van der Waals surface area contributed by atoms with E-state index < -0.39 is 0 Å². The van der Waals surface area contributed by atoms with Crippen molar-refractivity contribution in [2.75, 3.05) is 0 Å². The van der Waals surface area contributed by atoms with Crippen molar-refractivity contribution in [3.63, 3.8) is 0 Å². The molecule has 4 heteroatoms. The average Bonchev–Trinajstić information content (AvgIpc) is 2.78. The van der Waals surface area contributed by atoms with Crippen LogP contribution in [0, 0.1) is 5.41 Å². The molecule has 1 N–H and O–H groups in total. The molecule has 18 heavy (non-hydrogen) atoms. The van der Waals surface area contributed by atoms with Crippen LogP contribution in [0.5, 0.6) is 0 Å². The first-order chi connectivity index (χ1) is 8.49. The molecule has 0 aliphatic heterocycles. The quantitative estimate of drug-likeness (QED) is 0.905. The van der Waals surface area contributed by atoms with Crippen LogP contribution in [-0.2, 0) is 0 Å². The molecule has 2 saturated carbocycles. The zero-order valence-electron chi connectivity index (χ0n) is 10.9. The number of nitrogens with zero attached hydrogens (tertiary/aromatic N) is 1. The summed E-state index contributed by atoms with van der Waals surface area (Å²) in [6, 6.07) is 0. The van der Waals surface area contributed by atoms with E-state index in [0.717, 1.165) is 17.9 Å². The van der Waals surface area contributed by atoms with E-state index in [9.17, 15) is 4.79 Å². The summed E-state index contributed by atoms with van der Waals surface area (Å²) < 4.78 is 0.650. The summed E-state index contributed by atoms with van der Waals surface area (Å²) in [6.45, 7) is 4.46. The van der Waals surface area contributed by atoms with E-state index in [1.54, 1.807) is 0 Å². The maximum Gasteiger partial charge on any atom is 0.265 e. The molecule has 2 aliphatic carbocycles. The highest BCUT2D eigenvalue weighted by Crippen LogP contribution is 2.57. The van der Waals surface area contributed by atoms with Crippen molar-refractivity contribution in [2.45, 2.75) is 57.8 Å². The van der Waals surface area contributed by atoms with Crippen LogP contribution in [0.25, 0.3) is 0 Å². The Hall–Kier alpha value is -0.640. The minimum atomic E-state index is -0.00963. The lowest BCUT2D eigenvalue weighted by Crippen LogP contribution is -2.17. The second-order valence-corrected chi connectivity index (χ2v) is 7.17. The Morgan fingerprint density at radius 3 is 2.50 bits per heavy atom. The molecular weight excluding hydrogens is 292 g/mol. The molecule has 1 unspecified atom stereocenters. The summed E-state index contributed by atoms with van der Waals surface area (Å²) in [4.78, 5) is 19.7. The maximum absolute atomic E-state index is 12.0. The fourth-order valence-electron chi connectivity index (χ4n) is 3.06. The fraction of sp³-hybridized carbons (Fsp3) is 0.714. The third-order valence-electron chi connectivity index (χ3n) is 4.49. The molecule has 0 aromatic carbocycles. The third kappa shape index (κ3) is 2.04. The van der Waals surface area contributed by atoms with Crippen LogP contribution in [0.3, 0.4) is 0 Å². The Morgan fingerprint density at radius 2 is 1.94 bits per heavy atom. The number of nitrogens with one attached hydrogen (secondary N) is 1. The first-order valence-corrected chi connectivity index (χ1v) is 7.58. The van der Waals surface area contributed by atoms with Gasteiger partial charge in [-0.1, -0.05) is 26.7 Å². The average molecular weight is 311 g/mol. The predicted octanol–water partition coefficient (Wildman–Crippen LogP) is 3.70. The van der Waals surface area contributed by atoms with Crippen molar-refractivity contribution in [3.8, 4) is 0 Å². The van der Waals surface area contributed by atoms with Gasteiger partial charge in [-0.15, -0.1) is 0 Å². The lowest BCUT2D eigenvalue weighted by Gasteiger charge is -2.12. The number of halogens is 1. The summed E-state index contributed by atoms with van der Waals surface area (Å²) in [7, 11) is 0. The summed E-state index contributed by atoms with van der Waals surface area (Å²) in [5.74, 6) is 1.80. The number of hydrogen-bond donors (Lipinski definition) is 1. The summed E-state index contributed by atoms with van der Waals surface area (Å²) in [5, 5.41) is 0. The fourth-order valence-corrected chi connectivity index (χ4v) is 3.57. The minimum Gasteiger partial charge on any atom is -0.309 e. The molecule has 98 valence electrons. The molecule has 0 amide bonds. The SMILES string of the molecule is CC1(C)CC1c1nc(C2CCCC2)c(Br)c(=O)[nH]1.